The Morgan fingerprint density at radius 2 is 2.14 bits per heavy atom. The number of nitrogens with one attached hydrogen (secondary N) is 1. The average molecular weight is 321 g/mol. The van der Waals surface area contributed by atoms with Crippen molar-refractivity contribution in [3.63, 3.8) is 0 Å². The topological polar surface area (TPSA) is 80.9 Å². The first-order valence-corrected chi connectivity index (χ1v) is 7.06. The molecule has 0 aliphatic rings. The number of rotatable bonds is 5. The molecule has 0 fully saturated rings. The van der Waals surface area contributed by atoms with Crippen LogP contribution in [0.2, 0.25) is 0 Å². The van der Waals surface area contributed by atoms with Crippen LogP contribution in [0, 0.1) is 6.92 Å². The highest BCUT2D eigenvalue weighted by atomic mass is 35.5. The van der Waals surface area contributed by atoms with Gasteiger partial charge in [-0.1, -0.05) is 25.5 Å². The van der Waals surface area contributed by atoms with Gasteiger partial charge in [0.25, 0.3) is 0 Å². The monoisotopic (exact) mass is 320 g/mol. The molecule has 5 nitrogen and oxygen atoms in total. The minimum absolute atomic E-state index is 0. The summed E-state index contributed by atoms with van der Waals surface area (Å²) >= 11 is 0. The molecule has 2 rings (SSSR count). The summed E-state index contributed by atoms with van der Waals surface area (Å²) in [5, 5.41) is 2.84. The molecule has 118 valence electrons. The van der Waals surface area contributed by atoms with Crippen LogP contribution in [0.15, 0.2) is 36.5 Å². The second-order valence-corrected chi connectivity index (χ2v) is 4.95. The highest BCUT2D eigenvalue weighted by Gasteiger charge is 2.12. The Bertz CT molecular complexity index is 633. The predicted octanol–water partition coefficient (Wildman–Crippen LogP) is 2.94. The van der Waals surface area contributed by atoms with E-state index in [-0.39, 0.29) is 18.3 Å². The molecule has 2 aromatic rings. The molecule has 0 aliphatic heterocycles. The molecule has 1 atom stereocenters. The van der Waals surface area contributed by atoms with Crippen LogP contribution in [0.3, 0.4) is 0 Å². The third-order valence-electron chi connectivity index (χ3n) is 3.14. The van der Waals surface area contributed by atoms with Crippen molar-refractivity contribution in [1.29, 1.82) is 0 Å². The molecule has 1 amide bonds. The van der Waals surface area contributed by atoms with E-state index in [4.69, 9.17) is 5.73 Å². The number of nitrogens with two attached hydrogens (primary N) is 1. The Kier molecular flexibility index (Phi) is 6.95. The SMILES string of the molecule is CCCC(N)C(=O)Nc1cccc(-c2ccnc(C)n2)c1.Cl. The number of hydrogen-bond acceptors (Lipinski definition) is 4. The molecule has 0 aliphatic carbocycles. The third kappa shape index (κ3) is 4.79. The first-order chi connectivity index (χ1) is 10.1. The second-order valence-electron chi connectivity index (χ2n) is 4.95. The number of carbonyl (C=O) groups excluding carboxylic acids is 1. The van der Waals surface area contributed by atoms with Crippen LogP contribution >= 0.6 is 12.4 Å². The van der Waals surface area contributed by atoms with E-state index in [1.165, 1.54) is 0 Å². The van der Waals surface area contributed by atoms with Gasteiger partial charge in [-0.15, -0.1) is 12.4 Å². The number of hydrogen-bond donors (Lipinski definition) is 2. The van der Waals surface area contributed by atoms with Crippen molar-refractivity contribution in [1.82, 2.24) is 9.97 Å². The fraction of sp³-hybridized carbons (Fsp3) is 0.312. The van der Waals surface area contributed by atoms with E-state index >= 15 is 0 Å². The minimum atomic E-state index is -0.472. The molecule has 0 saturated carbocycles. The van der Waals surface area contributed by atoms with Crippen molar-refractivity contribution in [3.8, 4) is 11.3 Å². The van der Waals surface area contributed by atoms with E-state index in [9.17, 15) is 4.79 Å². The van der Waals surface area contributed by atoms with Crippen LogP contribution in [0.5, 0.6) is 0 Å². The van der Waals surface area contributed by atoms with Gasteiger partial charge in [0.1, 0.15) is 5.82 Å². The Balaban J connectivity index is 0.00000242. The molecule has 1 heterocycles. The average Bonchev–Trinajstić information content (AvgIpc) is 2.48. The first-order valence-electron chi connectivity index (χ1n) is 7.06. The van der Waals surface area contributed by atoms with Crippen LogP contribution in [0.25, 0.3) is 11.3 Å². The quantitative estimate of drug-likeness (QED) is 0.887. The molecule has 6 heteroatoms. The number of benzene rings is 1. The molecular weight excluding hydrogens is 300 g/mol. The lowest BCUT2D eigenvalue weighted by molar-refractivity contribution is -0.117. The second kappa shape index (κ2) is 8.46. The summed E-state index contributed by atoms with van der Waals surface area (Å²) in [6.07, 6.45) is 3.28. The summed E-state index contributed by atoms with van der Waals surface area (Å²) in [6.45, 7) is 3.85. The van der Waals surface area contributed by atoms with Crippen molar-refractivity contribution in [2.45, 2.75) is 32.7 Å². The molecule has 1 aromatic carbocycles. The number of nitrogens with zero attached hydrogens (tertiary/aromatic N) is 2. The van der Waals surface area contributed by atoms with Gasteiger partial charge in [-0.25, -0.2) is 9.97 Å². The van der Waals surface area contributed by atoms with Gasteiger partial charge in [0, 0.05) is 17.4 Å². The third-order valence-corrected chi connectivity index (χ3v) is 3.14. The lowest BCUT2D eigenvalue weighted by Gasteiger charge is -2.12. The molecule has 22 heavy (non-hydrogen) atoms. The lowest BCUT2D eigenvalue weighted by Crippen LogP contribution is -2.35. The van der Waals surface area contributed by atoms with Gasteiger partial charge in [0.2, 0.25) is 5.91 Å². The fourth-order valence-corrected chi connectivity index (χ4v) is 2.05. The van der Waals surface area contributed by atoms with Gasteiger partial charge in [-0.2, -0.15) is 0 Å². The Hall–Kier alpha value is -1.98. The fourth-order valence-electron chi connectivity index (χ4n) is 2.05. The van der Waals surface area contributed by atoms with Crippen LogP contribution in [-0.2, 0) is 4.79 Å². The first kappa shape index (κ1) is 18.1. The molecule has 0 saturated heterocycles. The van der Waals surface area contributed by atoms with E-state index in [1.54, 1.807) is 6.20 Å². The molecule has 1 unspecified atom stereocenters. The maximum Gasteiger partial charge on any atom is 0.241 e. The number of anilines is 1. The minimum Gasteiger partial charge on any atom is -0.325 e. The van der Waals surface area contributed by atoms with Gasteiger partial charge >= 0.3 is 0 Å². The van der Waals surface area contributed by atoms with E-state index < -0.39 is 6.04 Å². The van der Waals surface area contributed by atoms with E-state index in [0.717, 1.165) is 23.4 Å². The summed E-state index contributed by atoms with van der Waals surface area (Å²) in [5.41, 5.74) is 8.30. The molecule has 1 aromatic heterocycles. The van der Waals surface area contributed by atoms with E-state index in [2.05, 4.69) is 15.3 Å². The highest BCUT2D eigenvalue weighted by molar-refractivity contribution is 5.95. The Labute approximate surface area is 136 Å². The van der Waals surface area contributed by atoms with Gasteiger partial charge in [-0.05, 0) is 31.5 Å². The van der Waals surface area contributed by atoms with Gasteiger partial charge in [0.05, 0.1) is 11.7 Å². The molecule has 0 radical (unpaired) electrons. The van der Waals surface area contributed by atoms with Gasteiger partial charge < -0.3 is 11.1 Å². The van der Waals surface area contributed by atoms with Crippen molar-refractivity contribution < 1.29 is 4.79 Å². The number of carbonyl (C=O) groups is 1. The molecular formula is C16H21ClN4O. The van der Waals surface area contributed by atoms with Crippen LogP contribution < -0.4 is 11.1 Å². The zero-order valence-electron chi connectivity index (χ0n) is 12.7. The Morgan fingerprint density at radius 1 is 1.36 bits per heavy atom. The zero-order valence-corrected chi connectivity index (χ0v) is 13.6. The van der Waals surface area contributed by atoms with Crippen molar-refractivity contribution >= 4 is 24.0 Å². The normalized spacial score (nSPS) is 11.4. The lowest BCUT2D eigenvalue weighted by atomic mass is 10.1. The highest BCUT2D eigenvalue weighted by Crippen LogP contribution is 2.20. The van der Waals surface area contributed by atoms with E-state index in [1.807, 2.05) is 44.2 Å². The molecule has 0 bridgehead atoms. The number of aromatic nitrogens is 2. The van der Waals surface area contributed by atoms with Crippen molar-refractivity contribution in [2.24, 2.45) is 5.73 Å². The summed E-state index contributed by atoms with van der Waals surface area (Å²) in [4.78, 5) is 20.4. The maximum atomic E-state index is 11.9. The largest absolute Gasteiger partial charge is 0.325 e. The van der Waals surface area contributed by atoms with Crippen molar-refractivity contribution in [2.75, 3.05) is 5.32 Å². The zero-order chi connectivity index (χ0) is 15.2. The summed E-state index contributed by atoms with van der Waals surface area (Å²) in [7, 11) is 0. The van der Waals surface area contributed by atoms with Crippen LogP contribution in [0.4, 0.5) is 5.69 Å². The maximum absolute atomic E-state index is 11.9. The molecule has 0 spiro atoms. The predicted molar refractivity (Wildman–Crippen MR) is 91.0 cm³/mol. The number of aryl methyl sites for hydroxylation is 1. The van der Waals surface area contributed by atoms with E-state index in [0.29, 0.717) is 12.2 Å². The number of halogens is 1. The summed E-state index contributed by atoms with van der Waals surface area (Å²) < 4.78 is 0. The number of amides is 1. The Morgan fingerprint density at radius 3 is 2.82 bits per heavy atom. The summed E-state index contributed by atoms with van der Waals surface area (Å²) in [6, 6.07) is 8.93. The van der Waals surface area contributed by atoms with Crippen LogP contribution in [-0.4, -0.2) is 21.9 Å². The smallest absolute Gasteiger partial charge is 0.241 e. The van der Waals surface area contributed by atoms with Gasteiger partial charge in [0.15, 0.2) is 0 Å². The van der Waals surface area contributed by atoms with Crippen LogP contribution in [0.1, 0.15) is 25.6 Å². The molecule has 3 N–H and O–H groups in total. The van der Waals surface area contributed by atoms with Crippen molar-refractivity contribution in [3.05, 3.63) is 42.4 Å². The van der Waals surface area contributed by atoms with Gasteiger partial charge in [-0.3, -0.25) is 4.79 Å². The summed E-state index contributed by atoms with van der Waals surface area (Å²) in [5.74, 6) is 0.555. The standard InChI is InChI=1S/C16H20N4O.ClH/c1-3-5-14(17)16(21)20-13-7-4-6-12(10-13)15-8-9-18-11(2)19-15;/h4,6-10,14H,3,5,17H2,1-2H3,(H,20,21);1H.